The van der Waals surface area contributed by atoms with Crippen molar-refractivity contribution in [2.24, 2.45) is 0 Å². The first-order chi connectivity index (χ1) is 9.61. The number of anilines is 1. The van der Waals surface area contributed by atoms with Crippen molar-refractivity contribution in [2.75, 3.05) is 11.4 Å². The Kier molecular flexibility index (Phi) is 5.28. The number of thiophene rings is 1. The first kappa shape index (κ1) is 15.2. The second-order valence-corrected chi connectivity index (χ2v) is 6.15. The zero-order valence-corrected chi connectivity index (χ0v) is 13.6. The van der Waals surface area contributed by atoms with Crippen LogP contribution in [0.2, 0.25) is 0 Å². The van der Waals surface area contributed by atoms with Gasteiger partial charge in [-0.25, -0.2) is 4.98 Å². The molecule has 0 fully saturated rings. The molecule has 0 bridgehead atoms. The van der Waals surface area contributed by atoms with Crippen LogP contribution in [0.4, 0.5) is 5.13 Å². The highest BCUT2D eigenvalue weighted by Gasteiger charge is 2.13. The van der Waals surface area contributed by atoms with Crippen molar-refractivity contribution in [2.45, 2.75) is 33.9 Å². The predicted molar refractivity (Wildman–Crippen MR) is 85.4 cm³/mol. The highest BCUT2D eigenvalue weighted by molar-refractivity contribution is 7.14. The van der Waals surface area contributed by atoms with E-state index in [4.69, 9.17) is 0 Å². The summed E-state index contributed by atoms with van der Waals surface area (Å²) >= 11 is 3.25. The molecule has 0 saturated carbocycles. The van der Waals surface area contributed by atoms with E-state index in [1.54, 1.807) is 23.2 Å². The number of carbonyl (C=O) groups excluding carboxylic acids is 1. The standard InChI is InChI=1S/C14H19N3OS2/c1-4-17(11(3)18)14-16-13(9-20-14)6-15-5-12-8-19-7-10(12)2/h7-9,15H,4-6H2,1-3H3. The van der Waals surface area contributed by atoms with Gasteiger partial charge in [-0.1, -0.05) is 0 Å². The van der Waals surface area contributed by atoms with Crippen molar-refractivity contribution in [3.05, 3.63) is 33.0 Å². The summed E-state index contributed by atoms with van der Waals surface area (Å²) in [7, 11) is 0. The number of thiazole rings is 1. The third-order valence-corrected chi connectivity index (χ3v) is 4.87. The first-order valence-corrected chi connectivity index (χ1v) is 8.39. The van der Waals surface area contributed by atoms with Crippen LogP contribution in [0.1, 0.15) is 30.7 Å². The van der Waals surface area contributed by atoms with Gasteiger partial charge in [0.1, 0.15) is 0 Å². The average molecular weight is 309 g/mol. The van der Waals surface area contributed by atoms with E-state index in [9.17, 15) is 4.79 Å². The number of nitrogens with one attached hydrogen (secondary N) is 1. The van der Waals surface area contributed by atoms with E-state index in [1.807, 2.05) is 12.3 Å². The van der Waals surface area contributed by atoms with Gasteiger partial charge >= 0.3 is 0 Å². The molecule has 0 aromatic carbocycles. The lowest BCUT2D eigenvalue weighted by Gasteiger charge is -2.14. The van der Waals surface area contributed by atoms with Crippen molar-refractivity contribution in [3.63, 3.8) is 0 Å². The number of hydrogen-bond acceptors (Lipinski definition) is 5. The second-order valence-electron chi connectivity index (χ2n) is 4.57. The topological polar surface area (TPSA) is 45.2 Å². The molecule has 0 aliphatic carbocycles. The molecule has 0 saturated heterocycles. The van der Waals surface area contributed by atoms with Crippen LogP contribution < -0.4 is 10.2 Å². The minimum atomic E-state index is 0.0373. The van der Waals surface area contributed by atoms with Crippen LogP contribution in [0.25, 0.3) is 0 Å². The number of aryl methyl sites for hydroxylation is 1. The third-order valence-electron chi connectivity index (χ3n) is 3.05. The van der Waals surface area contributed by atoms with Crippen LogP contribution in [0.5, 0.6) is 0 Å². The van der Waals surface area contributed by atoms with E-state index in [0.717, 1.165) is 23.9 Å². The lowest BCUT2D eigenvalue weighted by atomic mass is 10.2. The van der Waals surface area contributed by atoms with Crippen LogP contribution in [0, 0.1) is 6.92 Å². The summed E-state index contributed by atoms with van der Waals surface area (Å²) in [5, 5.41) is 10.5. The molecule has 0 atom stereocenters. The molecule has 6 heteroatoms. The number of amides is 1. The molecule has 2 aromatic rings. The van der Waals surface area contributed by atoms with Crippen molar-refractivity contribution >= 4 is 33.7 Å². The van der Waals surface area contributed by atoms with E-state index in [1.165, 1.54) is 22.5 Å². The Morgan fingerprint density at radius 1 is 1.35 bits per heavy atom. The molecule has 108 valence electrons. The SMILES string of the molecule is CCN(C(C)=O)c1nc(CNCc2cscc2C)cs1. The van der Waals surface area contributed by atoms with E-state index in [-0.39, 0.29) is 5.91 Å². The Morgan fingerprint density at radius 3 is 2.75 bits per heavy atom. The summed E-state index contributed by atoms with van der Waals surface area (Å²) in [6.45, 7) is 7.89. The zero-order valence-electron chi connectivity index (χ0n) is 12.0. The lowest BCUT2D eigenvalue weighted by molar-refractivity contribution is -0.116. The van der Waals surface area contributed by atoms with Gasteiger partial charge < -0.3 is 5.32 Å². The molecule has 0 radical (unpaired) electrons. The molecule has 20 heavy (non-hydrogen) atoms. The average Bonchev–Trinajstić information content (AvgIpc) is 3.01. The Labute approximate surface area is 127 Å². The fraction of sp³-hybridized carbons (Fsp3) is 0.429. The summed E-state index contributed by atoms with van der Waals surface area (Å²) in [6.07, 6.45) is 0. The molecule has 2 heterocycles. The molecule has 1 N–H and O–H groups in total. The maximum absolute atomic E-state index is 11.5. The van der Waals surface area contributed by atoms with E-state index < -0.39 is 0 Å². The fourth-order valence-electron chi connectivity index (χ4n) is 1.89. The maximum Gasteiger partial charge on any atom is 0.225 e. The predicted octanol–water partition coefficient (Wildman–Crippen LogP) is 3.18. The molecule has 0 aliphatic rings. The smallest absolute Gasteiger partial charge is 0.225 e. The Morgan fingerprint density at radius 2 is 2.15 bits per heavy atom. The lowest BCUT2D eigenvalue weighted by Crippen LogP contribution is -2.27. The van der Waals surface area contributed by atoms with Crippen LogP contribution in [-0.2, 0) is 17.9 Å². The van der Waals surface area contributed by atoms with Crippen molar-refractivity contribution < 1.29 is 4.79 Å². The van der Waals surface area contributed by atoms with Gasteiger partial charge in [-0.2, -0.15) is 11.3 Å². The normalized spacial score (nSPS) is 10.8. The van der Waals surface area contributed by atoms with Crippen LogP contribution in [0.3, 0.4) is 0 Å². The monoisotopic (exact) mass is 309 g/mol. The van der Waals surface area contributed by atoms with Crippen molar-refractivity contribution in [1.82, 2.24) is 10.3 Å². The summed E-state index contributed by atoms with van der Waals surface area (Å²) in [5.41, 5.74) is 3.65. The maximum atomic E-state index is 11.5. The number of hydrogen-bond donors (Lipinski definition) is 1. The molecule has 0 aliphatic heterocycles. The second kappa shape index (κ2) is 6.97. The number of carbonyl (C=O) groups is 1. The molecule has 4 nitrogen and oxygen atoms in total. The van der Waals surface area contributed by atoms with Gasteiger partial charge in [0.05, 0.1) is 5.69 Å². The zero-order chi connectivity index (χ0) is 14.5. The summed E-state index contributed by atoms with van der Waals surface area (Å²) < 4.78 is 0. The van der Waals surface area contributed by atoms with Gasteiger partial charge in [0, 0.05) is 31.9 Å². The Hall–Kier alpha value is -1.24. The van der Waals surface area contributed by atoms with Crippen LogP contribution in [0.15, 0.2) is 16.1 Å². The minimum absolute atomic E-state index is 0.0373. The number of nitrogens with zero attached hydrogens (tertiary/aromatic N) is 2. The van der Waals surface area contributed by atoms with Crippen LogP contribution in [-0.4, -0.2) is 17.4 Å². The van der Waals surface area contributed by atoms with Gasteiger partial charge in [-0.15, -0.1) is 11.3 Å². The Bertz CT molecular complexity index is 576. The first-order valence-electron chi connectivity index (χ1n) is 6.56. The van der Waals surface area contributed by atoms with E-state index in [2.05, 4.69) is 28.0 Å². The van der Waals surface area contributed by atoms with Gasteiger partial charge in [-0.3, -0.25) is 9.69 Å². The van der Waals surface area contributed by atoms with Crippen molar-refractivity contribution in [3.8, 4) is 0 Å². The van der Waals surface area contributed by atoms with E-state index >= 15 is 0 Å². The largest absolute Gasteiger partial charge is 0.307 e. The number of rotatable bonds is 6. The fourth-order valence-corrected chi connectivity index (χ4v) is 3.68. The molecular weight excluding hydrogens is 290 g/mol. The highest BCUT2D eigenvalue weighted by Crippen LogP contribution is 2.20. The van der Waals surface area contributed by atoms with Gasteiger partial charge in [-0.05, 0) is 35.7 Å². The van der Waals surface area contributed by atoms with Gasteiger partial charge in [0.25, 0.3) is 0 Å². The summed E-state index contributed by atoms with van der Waals surface area (Å²) in [4.78, 5) is 17.7. The Balaban J connectivity index is 1.90. The molecule has 1 amide bonds. The summed E-state index contributed by atoms with van der Waals surface area (Å²) in [5.74, 6) is 0.0373. The van der Waals surface area contributed by atoms with Gasteiger partial charge in [0.2, 0.25) is 5.91 Å². The van der Waals surface area contributed by atoms with Crippen molar-refractivity contribution in [1.29, 1.82) is 0 Å². The number of aromatic nitrogens is 1. The van der Waals surface area contributed by atoms with Gasteiger partial charge in [0.15, 0.2) is 5.13 Å². The highest BCUT2D eigenvalue weighted by atomic mass is 32.1. The molecular formula is C14H19N3OS2. The minimum Gasteiger partial charge on any atom is -0.307 e. The molecule has 2 aromatic heterocycles. The van der Waals surface area contributed by atoms with Crippen LogP contribution >= 0.6 is 22.7 Å². The molecule has 2 rings (SSSR count). The van der Waals surface area contributed by atoms with E-state index in [0.29, 0.717) is 6.54 Å². The quantitative estimate of drug-likeness (QED) is 0.891. The third kappa shape index (κ3) is 3.65. The molecule has 0 spiro atoms. The summed E-state index contributed by atoms with van der Waals surface area (Å²) in [6, 6.07) is 0. The molecule has 0 unspecified atom stereocenters.